The second-order valence-electron chi connectivity index (χ2n) is 4.70. The standard InChI is InChI=1S/C15H21N3OS/c1-5-18(10-15(19)17-11(2)3)13-7-6-8-14(20-4)12(13)9-16/h6-8,11H,5,10H2,1-4H3,(H,17,19). The molecule has 0 atom stereocenters. The molecule has 4 nitrogen and oxygen atoms in total. The number of carbonyl (C=O) groups is 1. The van der Waals surface area contributed by atoms with Crippen LogP contribution in [0.3, 0.4) is 0 Å². The lowest BCUT2D eigenvalue weighted by Gasteiger charge is -2.24. The number of anilines is 1. The average Bonchev–Trinajstić information content (AvgIpc) is 2.42. The number of thioether (sulfide) groups is 1. The first-order valence-electron chi connectivity index (χ1n) is 6.64. The lowest BCUT2D eigenvalue weighted by atomic mass is 10.1. The van der Waals surface area contributed by atoms with E-state index in [-0.39, 0.29) is 18.5 Å². The number of nitrogens with one attached hydrogen (secondary N) is 1. The molecule has 0 saturated heterocycles. The number of nitrogens with zero attached hydrogens (tertiary/aromatic N) is 2. The van der Waals surface area contributed by atoms with Gasteiger partial charge in [0.2, 0.25) is 5.91 Å². The van der Waals surface area contributed by atoms with Crippen LogP contribution in [-0.2, 0) is 4.79 Å². The van der Waals surface area contributed by atoms with Crippen molar-refractivity contribution in [1.82, 2.24) is 5.32 Å². The first kappa shape index (κ1) is 16.4. The molecule has 1 aromatic carbocycles. The van der Waals surface area contributed by atoms with Crippen LogP contribution in [0.1, 0.15) is 26.3 Å². The zero-order chi connectivity index (χ0) is 15.1. The molecule has 0 aliphatic carbocycles. The SMILES string of the molecule is CCN(CC(=O)NC(C)C)c1cccc(SC)c1C#N. The van der Waals surface area contributed by atoms with Gasteiger partial charge in [0.25, 0.3) is 0 Å². The summed E-state index contributed by atoms with van der Waals surface area (Å²) in [6.45, 7) is 6.79. The van der Waals surface area contributed by atoms with Crippen LogP contribution in [0.15, 0.2) is 23.1 Å². The number of amides is 1. The molecule has 1 aromatic rings. The fraction of sp³-hybridized carbons (Fsp3) is 0.467. The molecule has 0 heterocycles. The number of hydrogen-bond acceptors (Lipinski definition) is 4. The Morgan fingerprint density at radius 2 is 2.20 bits per heavy atom. The molecule has 0 bridgehead atoms. The van der Waals surface area contributed by atoms with E-state index in [1.54, 1.807) is 11.8 Å². The molecule has 0 spiro atoms. The van der Waals surface area contributed by atoms with Crippen LogP contribution < -0.4 is 10.2 Å². The van der Waals surface area contributed by atoms with Crippen LogP contribution in [0, 0.1) is 11.3 Å². The lowest BCUT2D eigenvalue weighted by Crippen LogP contribution is -2.40. The number of likely N-dealkylation sites (N-methyl/N-ethyl adjacent to an activating group) is 1. The first-order chi connectivity index (χ1) is 9.53. The van der Waals surface area contributed by atoms with Crippen molar-refractivity contribution in [3.05, 3.63) is 23.8 Å². The molecule has 0 aromatic heterocycles. The fourth-order valence-corrected chi connectivity index (χ4v) is 2.54. The van der Waals surface area contributed by atoms with Gasteiger partial charge in [-0.2, -0.15) is 5.26 Å². The summed E-state index contributed by atoms with van der Waals surface area (Å²) in [5.74, 6) is -0.0275. The quantitative estimate of drug-likeness (QED) is 0.819. The van der Waals surface area contributed by atoms with E-state index in [9.17, 15) is 10.1 Å². The van der Waals surface area contributed by atoms with Crippen molar-refractivity contribution in [3.8, 4) is 6.07 Å². The lowest BCUT2D eigenvalue weighted by molar-refractivity contribution is -0.120. The second-order valence-corrected chi connectivity index (χ2v) is 5.55. The van der Waals surface area contributed by atoms with Gasteiger partial charge in [0, 0.05) is 17.5 Å². The van der Waals surface area contributed by atoms with Crippen molar-refractivity contribution >= 4 is 23.4 Å². The maximum absolute atomic E-state index is 11.9. The van der Waals surface area contributed by atoms with Crippen molar-refractivity contribution in [3.63, 3.8) is 0 Å². The van der Waals surface area contributed by atoms with E-state index in [4.69, 9.17) is 0 Å². The Balaban J connectivity index is 3.01. The maximum atomic E-state index is 11.9. The van der Waals surface area contributed by atoms with Crippen LogP contribution >= 0.6 is 11.8 Å². The van der Waals surface area contributed by atoms with E-state index in [2.05, 4.69) is 11.4 Å². The van der Waals surface area contributed by atoms with Gasteiger partial charge in [-0.25, -0.2) is 0 Å². The minimum absolute atomic E-state index is 0.0275. The fourth-order valence-electron chi connectivity index (χ4n) is 1.97. The van der Waals surface area contributed by atoms with Crippen molar-refractivity contribution in [2.45, 2.75) is 31.7 Å². The zero-order valence-electron chi connectivity index (χ0n) is 12.4. The Kier molecular flexibility index (Phi) is 6.40. The summed E-state index contributed by atoms with van der Waals surface area (Å²) in [7, 11) is 0. The van der Waals surface area contributed by atoms with Crippen LogP contribution in [0.4, 0.5) is 5.69 Å². The monoisotopic (exact) mass is 291 g/mol. The Morgan fingerprint density at radius 3 is 2.70 bits per heavy atom. The molecule has 20 heavy (non-hydrogen) atoms. The summed E-state index contributed by atoms with van der Waals surface area (Å²) in [5, 5.41) is 12.2. The van der Waals surface area contributed by atoms with Crippen molar-refractivity contribution < 1.29 is 4.79 Å². The van der Waals surface area contributed by atoms with E-state index in [1.165, 1.54) is 0 Å². The van der Waals surface area contributed by atoms with Crippen molar-refractivity contribution in [2.24, 2.45) is 0 Å². The maximum Gasteiger partial charge on any atom is 0.239 e. The van der Waals surface area contributed by atoms with Crippen molar-refractivity contribution in [2.75, 3.05) is 24.2 Å². The molecule has 0 radical (unpaired) electrons. The molecule has 0 saturated carbocycles. The molecule has 5 heteroatoms. The highest BCUT2D eigenvalue weighted by Crippen LogP contribution is 2.28. The first-order valence-corrected chi connectivity index (χ1v) is 7.87. The summed E-state index contributed by atoms with van der Waals surface area (Å²) < 4.78 is 0. The van der Waals surface area contributed by atoms with Crippen LogP contribution in [-0.4, -0.2) is 31.3 Å². The third-order valence-corrected chi connectivity index (χ3v) is 3.62. The summed E-state index contributed by atoms with van der Waals surface area (Å²) in [5.41, 5.74) is 1.46. The Morgan fingerprint density at radius 1 is 1.50 bits per heavy atom. The smallest absolute Gasteiger partial charge is 0.239 e. The molecule has 108 valence electrons. The van der Waals surface area contributed by atoms with Crippen molar-refractivity contribution in [1.29, 1.82) is 5.26 Å². The van der Waals surface area contributed by atoms with E-state index >= 15 is 0 Å². The Hall–Kier alpha value is -1.67. The van der Waals surface area contributed by atoms with Gasteiger partial charge in [0.1, 0.15) is 6.07 Å². The molecule has 0 unspecified atom stereocenters. The van der Waals surface area contributed by atoms with Gasteiger partial charge >= 0.3 is 0 Å². The molecule has 0 aliphatic heterocycles. The number of hydrogen-bond donors (Lipinski definition) is 1. The molecular formula is C15H21N3OS. The minimum atomic E-state index is -0.0275. The molecule has 0 aliphatic rings. The summed E-state index contributed by atoms with van der Waals surface area (Å²) in [6, 6.07) is 8.11. The van der Waals surface area contributed by atoms with E-state index in [1.807, 2.05) is 50.1 Å². The van der Waals surface area contributed by atoms with Crippen LogP contribution in [0.5, 0.6) is 0 Å². The third kappa shape index (κ3) is 4.17. The zero-order valence-corrected chi connectivity index (χ0v) is 13.3. The summed E-state index contributed by atoms with van der Waals surface area (Å²) in [4.78, 5) is 14.8. The molecular weight excluding hydrogens is 270 g/mol. The number of carbonyl (C=O) groups excluding carboxylic acids is 1. The predicted molar refractivity (Wildman–Crippen MR) is 84.1 cm³/mol. The summed E-state index contributed by atoms with van der Waals surface area (Å²) in [6.07, 6.45) is 1.95. The highest BCUT2D eigenvalue weighted by atomic mass is 32.2. The van der Waals surface area contributed by atoms with E-state index in [0.717, 1.165) is 10.6 Å². The van der Waals surface area contributed by atoms with Gasteiger partial charge < -0.3 is 10.2 Å². The largest absolute Gasteiger partial charge is 0.361 e. The van der Waals surface area contributed by atoms with Gasteiger partial charge in [0.05, 0.1) is 17.8 Å². The number of rotatable bonds is 6. The predicted octanol–water partition coefficient (Wildman–Crippen LogP) is 2.63. The van der Waals surface area contributed by atoms with Gasteiger partial charge in [-0.3, -0.25) is 4.79 Å². The summed E-state index contributed by atoms with van der Waals surface area (Å²) >= 11 is 1.54. The molecule has 1 amide bonds. The Bertz CT molecular complexity index is 508. The highest BCUT2D eigenvalue weighted by Gasteiger charge is 2.16. The molecule has 0 fully saturated rings. The molecule has 1 rings (SSSR count). The van der Waals surface area contributed by atoms with Gasteiger partial charge in [-0.1, -0.05) is 6.07 Å². The topological polar surface area (TPSA) is 56.1 Å². The van der Waals surface area contributed by atoms with Gasteiger partial charge in [0.15, 0.2) is 0 Å². The third-order valence-electron chi connectivity index (χ3n) is 2.84. The Labute approximate surface area is 125 Å². The normalized spacial score (nSPS) is 10.2. The van der Waals surface area contributed by atoms with Gasteiger partial charge in [-0.15, -0.1) is 11.8 Å². The van der Waals surface area contributed by atoms with E-state index in [0.29, 0.717) is 12.1 Å². The minimum Gasteiger partial charge on any atom is -0.361 e. The second kappa shape index (κ2) is 7.81. The van der Waals surface area contributed by atoms with Crippen LogP contribution in [0.2, 0.25) is 0 Å². The van der Waals surface area contributed by atoms with E-state index < -0.39 is 0 Å². The number of benzene rings is 1. The molecule has 1 N–H and O–H groups in total. The van der Waals surface area contributed by atoms with Crippen LogP contribution in [0.25, 0.3) is 0 Å². The average molecular weight is 291 g/mol. The van der Waals surface area contributed by atoms with Gasteiger partial charge in [-0.05, 0) is 39.2 Å². The number of nitriles is 1. The highest BCUT2D eigenvalue weighted by molar-refractivity contribution is 7.98.